The van der Waals surface area contributed by atoms with E-state index in [1.54, 1.807) is 0 Å². The molecule has 0 aromatic rings. The molecule has 2 aliphatic heterocycles. The van der Waals surface area contributed by atoms with Crippen LogP contribution in [0.2, 0.25) is 0 Å². The number of hydrogen-bond acceptors (Lipinski definition) is 2. The molecule has 3 rings (SSSR count). The van der Waals surface area contributed by atoms with E-state index in [1.807, 2.05) is 0 Å². The molecule has 3 nitrogen and oxygen atoms in total. The van der Waals surface area contributed by atoms with Gasteiger partial charge in [-0.3, -0.25) is 4.79 Å². The number of carbonyl (C=O) groups is 1. The third-order valence-corrected chi connectivity index (χ3v) is 4.04. The molecule has 2 spiro atoms. The molecule has 0 unspecified atom stereocenters. The zero-order valence-corrected chi connectivity index (χ0v) is 7.77. The fourth-order valence-electron chi connectivity index (χ4n) is 2.77. The first-order valence-corrected chi connectivity index (χ1v) is 5.17. The van der Waals surface area contributed by atoms with Crippen LogP contribution in [0.1, 0.15) is 32.1 Å². The Morgan fingerprint density at radius 1 is 1.15 bits per heavy atom. The van der Waals surface area contributed by atoms with Crippen LogP contribution in [0.5, 0.6) is 0 Å². The Hall–Kier alpha value is -0.570. The fraction of sp³-hybridized carbons (Fsp3) is 0.900. The molecule has 2 heterocycles. The van der Waals surface area contributed by atoms with Crippen molar-refractivity contribution in [3.8, 4) is 0 Å². The van der Waals surface area contributed by atoms with E-state index in [9.17, 15) is 4.79 Å². The number of amides is 1. The fourth-order valence-corrected chi connectivity index (χ4v) is 2.77. The largest absolute Gasteiger partial charge is 0.370 e. The van der Waals surface area contributed by atoms with E-state index in [0.29, 0.717) is 5.91 Å². The second kappa shape index (κ2) is 2.27. The average Bonchev–Trinajstić information content (AvgIpc) is 2.82. The molecule has 0 aromatic heterocycles. The summed E-state index contributed by atoms with van der Waals surface area (Å²) in [5.74, 6) is 0.294. The Bertz CT molecular complexity index is 248. The molecule has 0 aromatic carbocycles. The lowest BCUT2D eigenvalue weighted by molar-refractivity contribution is -0.129. The summed E-state index contributed by atoms with van der Waals surface area (Å²) < 4.78 is 5.44. The molecule has 1 saturated carbocycles. The predicted molar refractivity (Wildman–Crippen MR) is 47.2 cm³/mol. The Balaban J connectivity index is 1.76. The SMILES string of the molecule is O=C1NCCC12CCC1(CC2)CO1. The van der Waals surface area contributed by atoms with Gasteiger partial charge in [0.2, 0.25) is 5.91 Å². The molecule has 1 amide bonds. The van der Waals surface area contributed by atoms with Gasteiger partial charge >= 0.3 is 0 Å². The van der Waals surface area contributed by atoms with Crippen molar-refractivity contribution >= 4 is 5.91 Å². The van der Waals surface area contributed by atoms with Gasteiger partial charge in [0.15, 0.2) is 0 Å². The molecule has 0 radical (unpaired) electrons. The summed E-state index contributed by atoms with van der Waals surface area (Å²) in [6.45, 7) is 1.82. The zero-order chi connectivity index (χ0) is 8.94. The van der Waals surface area contributed by atoms with Crippen molar-refractivity contribution in [2.75, 3.05) is 13.2 Å². The lowest BCUT2D eigenvalue weighted by Crippen LogP contribution is -2.37. The minimum absolute atomic E-state index is 0.00278. The van der Waals surface area contributed by atoms with Crippen LogP contribution in [0.3, 0.4) is 0 Å². The Morgan fingerprint density at radius 2 is 1.85 bits per heavy atom. The second-order valence-corrected chi connectivity index (χ2v) is 4.76. The lowest BCUT2D eigenvalue weighted by atomic mass is 9.69. The first-order valence-electron chi connectivity index (χ1n) is 5.17. The number of ether oxygens (including phenoxy) is 1. The Kier molecular flexibility index (Phi) is 1.36. The van der Waals surface area contributed by atoms with Gasteiger partial charge < -0.3 is 10.1 Å². The quantitative estimate of drug-likeness (QED) is 0.562. The summed E-state index contributed by atoms with van der Waals surface area (Å²) in [7, 11) is 0. The monoisotopic (exact) mass is 181 g/mol. The normalized spacial score (nSPS) is 48.5. The standard InChI is InChI=1S/C10H15NO2/c12-8-9(5-6-11-8)1-3-10(4-2-9)7-13-10/h1-7H2,(H,11,12). The van der Waals surface area contributed by atoms with Gasteiger partial charge in [0.25, 0.3) is 0 Å². The van der Waals surface area contributed by atoms with E-state index < -0.39 is 0 Å². The highest BCUT2D eigenvalue weighted by molar-refractivity contribution is 5.84. The van der Waals surface area contributed by atoms with Crippen LogP contribution >= 0.6 is 0 Å². The first kappa shape index (κ1) is 7.80. The molecule has 3 aliphatic rings. The van der Waals surface area contributed by atoms with E-state index in [0.717, 1.165) is 45.3 Å². The van der Waals surface area contributed by atoms with Gasteiger partial charge in [0, 0.05) is 6.54 Å². The van der Waals surface area contributed by atoms with E-state index in [2.05, 4.69) is 5.32 Å². The van der Waals surface area contributed by atoms with Crippen LogP contribution in [0.15, 0.2) is 0 Å². The van der Waals surface area contributed by atoms with Gasteiger partial charge in [-0.1, -0.05) is 0 Å². The molecule has 1 N–H and O–H groups in total. The van der Waals surface area contributed by atoms with E-state index in [-0.39, 0.29) is 11.0 Å². The predicted octanol–water partition coefficient (Wildman–Crippen LogP) is 0.836. The van der Waals surface area contributed by atoms with Crippen molar-refractivity contribution in [1.29, 1.82) is 0 Å². The highest BCUT2D eigenvalue weighted by Crippen LogP contribution is 2.51. The number of carbonyl (C=O) groups excluding carboxylic acids is 1. The third kappa shape index (κ3) is 1.03. The van der Waals surface area contributed by atoms with Crippen LogP contribution in [0.4, 0.5) is 0 Å². The third-order valence-electron chi connectivity index (χ3n) is 4.04. The smallest absolute Gasteiger partial charge is 0.226 e. The van der Waals surface area contributed by atoms with Crippen molar-refractivity contribution in [1.82, 2.24) is 5.32 Å². The van der Waals surface area contributed by atoms with Gasteiger partial charge in [0.05, 0.1) is 17.6 Å². The van der Waals surface area contributed by atoms with Crippen LogP contribution < -0.4 is 5.32 Å². The lowest BCUT2D eigenvalue weighted by Gasteiger charge is -2.33. The molecule has 1 aliphatic carbocycles. The van der Waals surface area contributed by atoms with E-state index in [1.165, 1.54) is 0 Å². The van der Waals surface area contributed by atoms with Crippen LogP contribution in [0.25, 0.3) is 0 Å². The summed E-state index contributed by atoms with van der Waals surface area (Å²) in [6, 6.07) is 0. The van der Waals surface area contributed by atoms with Gasteiger partial charge in [0.1, 0.15) is 0 Å². The Morgan fingerprint density at radius 3 is 2.31 bits per heavy atom. The maximum absolute atomic E-state index is 11.6. The van der Waals surface area contributed by atoms with Gasteiger partial charge in [-0.2, -0.15) is 0 Å². The minimum Gasteiger partial charge on any atom is -0.370 e. The molecule has 3 fully saturated rings. The topological polar surface area (TPSA) is 41.6 Å². The van der Waals surface area contributed by atoms with Crippen LogP contribution in [0, 0.1) is 5.41 Å². The summed E-state index contributed by atoms with van der Waals surface area (Å²) >= 11 is 0. The van der Waals surface area contributed by atoms with Crippen LogP contribution in [-0.2, 0) is 9.53 Å². The average molecular weight is 181 g/mol. The van der Waals surface area contributed by atoms with Gasteiger partial charge in [-0.05, 0) is 32.1 Å². The van der Waals surface area contributed by atoms with Crippen LogP contribution in [-0.4, -0.2) is 24.7 Å². The highest BCUT2D eigenvalue weighted by Gasteiger charge is 2.54. The van der Waals surface area contributed by atoms with Crippen molar-refractivity contribution in [2.45, 2.75) is 37.7 Å². The molecular formula is C10H15NO2. The van der Waals surface area contributed by atoms with E-state index in [4.69, 9.17) is 4.74 Å². The maximum Gasteiger partial charge on any atom is 0.226 e. The summed E-state index contributed by atoms with van der Waals surface area (Å²) in [5.41, 5.74) is 0.214. The van der Waals surface area contributed by atoms with Crippen molar-refractivity contribution in [3.05, 3.63) is 0 Å². The Labute approximate surface area is 77.8 Å². The summed E-state index contributed by atoms with van der Waals surface area (Å²) in [5, 5.41) is 2.95. The first-order chi connectivity index (χ1) is 6.25. The number of nitrogens with one attached hydrogen (secondary N) is 1. The molecule has 0 atom stereocenters. The minimum atomic E-state index is -0.00278. The van der Waals surface area contributed by atoms with Crippen molar-refractivity contribution < 1.29 is 9.53 Å². The van der Waals surface area contributed by atoms with Crippen molar-refractivity contribution in [2.24, 2.45) is 5.41 Å². The van der Waals surface area contributed by atoms with Crippen molar-refractivity contribution in [3.63, 3.8) is 0 Å². The van der Waals surface area contributed by atoms with Gasteiger partial charge in [-0.25, -0.2) is 0 Å². The molecule has 2 saturated heterocycles. The second-order valence-electron chi connectivity index (χ2n) is 4.76. The van der Waals surface area contributed by atoms with E-state index >= 15 is 0 Å². The molecule has 72 valence electrons. The summed E-state index contributed by atoms with van der Waals surface area (Å²) in [4.78, 5) is 11.6. The number of hydrogen-bond donors (Lipinski definition) is 1. The molecule has 13 heavy (non-hydrogen) atoms. The maximum atomic E-state index is 11.6. The summed E-state index contributed by atoms with van der Waals surface area (Å²) in [6.07, 6.45) is 5.32. The number of epoxide rings is 1. The highest BCUT2D eigenvalue weighted by atomic mass is 16.6. The molecule has 0 bridgehead atoms. The molecular weight excluding hydrogens is 166 g/mol. The number of rotatable bonds is 0. The zero-order valence-electron chi connectivity index (χ0n) is 7.77. The van der Waals surface area contributed by atoms with Gasteiger partial charge in [-0.15, -0.1) is 0 Å². The molecule has 3 heteroatoms.